The molecular weight excluding hydrogens is 338 g/mol. The Morgan fingerprint density at radius 2 is 1.73 bits per heavy atom. The Hall–Kier alpha value is -3.48. The molecule has 0 aromatic heterocycles. The zero-order chi connectivity index (χ0) is 18.9. The van der Waals surface area contributed by atoms with E-state index in [4.69, 9.17) is 9.84 Å². The number of ether oxygens (including phenoxy) is 1. The van der Waals surface area contributed by atoms with Crippen molar-refractivity contribution in [3.63, 3.8) is 0 Å². The van der Waals surface area contributed by atoms with Crippen molar-refractivity contribution in [2.75, 3.05) is 6.54 Å². The van der Waals surface area contributed by atoms with Crippen LogP contribution in [-0.2, 0) is 11.3 Å². The number of carbonyl (C=O) groups is 2. The van der Waals surface area contributed by atoms with Crippen molar-refractivity contribution in [2.24, 2.45) is 0 Å². The quantitative estimate of drug-likeness (QED) is 0.566. The molecule has 4 N–H and O–H groups in total. The first-order valence-corrected chi connectivity index (χ1v) is 7.87. The Morgan fingerprint density at radius 1 is 1.08 bits per heavy atom. The van der Waals surface area contributed by atoms with Crippen LogP contribution < -0.4 is 5.32 Å². The third-order valence-electron chi connectivity index (χ3n) is 3.46. The van der Waals surface area contributed by atoms with Crippen LogP contribution in [0.2, 0.25) is 0 Å². The van der Waals surface area contributed by atoms with Crippen LogP contribution in [0.5, 0.6) is 11.5 Å². The zero-order valence-electron chi connectivity index (χ0n) is 13.9. The number of aromatic hydroxyl groups is 2. The molecule has 0 unspecified atom stereocenters. The molecule has 26 heavy (non-hydrogen) atoms. The number of hydrogen-bond donors (Lipinski definition) is 4. The van der Waals surface area contributed by atoms with Gasteiger partial charge < -0.3 is 25.4 Å². The Balaban J connectivity index is 1.77. The van der Waals surface area contributed by atoms with Gasteiger partial charge in [0.25, 0.3) is 0 Å². The number of amides is 1. The second-order valence-corrected chi connectivity index (χ2v) is 5.41. The molecule has 0 heterocycles. The van der Waals surface area contributed by atoms with Crippen LogP contribution in [0.15, 0.2) is 48.5 Å². The Kier molecular flexibility index (Phi) is 6.61. The summed E-state index contributed by atoms with van der Waals surface area (Å²) >= 11 is 0. The molecule has 2 aromatic carbocycles. The van der Waals surface area contributed by atoms with Gasteiger partial charge >= 0.3 is 12.1 Å². The van der Waals surface area contributed by atoms with Crippen molar-refractivity contribution >= 4 is 18.1 Å². The van der Waals surface area contributed by atoms with Crippen LogP contribution in [0.4, 0.5) is 4.79 Å². The van der Waals surface area contributed by atoms with Crippen molar-refractivity contribution < 1.29 is 29.6 Å². The van der Waals surface area contributed by atoms with Gasteiger partial charge in [-0.25, -0.2) is 9.59 Å². The van der Waals surface area contributed by atoms with E-state index in [1.807, 2.05) is 30.3 Å². The third-order valence-corrected chi connectivity index (χ3v) is 3.46. The fourth-order valence-corrected chi connectivity index (χ4v) is 2.15. The van der Waals surface area contributed by atoms with Crippen LogP contribution >= 0.6 is 0 Å². The molecule has 136 valence electrons. The van der Waals surface area contributed by atoms with Gasteiger partial charge in [-0.1, -0.05) is 42.5 Å². The van der Waals surface area contributed by atoms with E-state index in [0.29, 0.717) is 13.0 Å². The van der Waals surface area contributed by atoms with Crippen LogP contribution in [0.1, 0.15) is 27.9 Å². The second kappa shape index (κ2) is 9.12. The number of benzene rings is 2. The molecule has 0 bridgehead atoms. The molecule has 0 atom stereocenters. The summed E-state index contributed by atoms with van der Waals surface area (Å²) in [6.07, 6.45) is 2.97. The normalized spacial score (nSPS) is 10.6. The minimum absolute atomic E-state index is 0.113. The number of carbonyl (C=O) groups excluding carboxylic acids is 1. The molecule has 0 aliphatic carbocycles. The maximum absolute atomic E-state index is 11.6. The van der Waals surface area contributed by atoms with E-state index >= 15 is 0 Å². The standard InChI is InChI=1S/C19H19NO6/c21-16-10-14(18(23)24)11-17(22)15(16)8-4-5-9-20-19(25)26-12-13-6-2-1-3-7-13/h1-4,6-8,10-11,21-22H,5,9,12H2,(H,20,25)(H,23,24). The molecule has 0 spiro atoms. The van der Waals surface area contributed by atoms with Gasteiger partial charge in [-0.3, -0.25) is 0 Å². The van der Waals surface area contributed by atoms with E-state index in [1.54, 1.807) is 6.08 Å². The molecule has 0 saturated heterocycles. The van der Waals surface area contributed by atoms with E-state index in [-0.39, 0.29) is 29.2 Å². The van der Waals surface area contributed by atoms with E-state index in [0.717, 1.165) is 17.7 Å². The van der Waals surface area contributed by atoms with Gasteiger partial charge in [0.2, 0.25) is 0 Å². The predicted octanol–water partition coefficient (Wildman–Crippen LogP) is 3.13. The van der Waals surface area contributed by atoms with Crippen molar-refractivity contribution in [3.05, 3.63) is 65.2 Å². The number of phenolic OH excluding ortho intramolecular Hbond substituents is 2. The van der Waals surface area contributed by atoms with Crippen molar-refractivity contribution in [1.82, 2.24) is 5.32 Å². The first-order chi connectivity index (χ1) is 12.5. The first kappa shape index (κ1) is 18.9. The monoisotopic (exact) mass is 357 g/mol. The lowest BCUT2D eigenvalue weighted by Gasteiger charge is -2.06. The molecule has 0 aliphatic rings. The smallest absolute Gasteiger partial charge is 0.407 e. The summed E-state index contributed by atoms with van der Waals surface area (Å²) in [5.74, 6) is -1.92. The van der Waals surface area contributed by atoms with E-state index in [9.17, 15) is 19.8 Å². The molecule has 7 heteroatoms. The fourth-order valence-electron chi connectivity index (χ4n) is 2.15. The predicted molar refractivity (Wildman–Crippen MR) is 95.0 cm³/mol. The number of hydrogen-bond acceptors (Lipinski definition) is 5. The van der Waals surface area contributed by atoms with Gasteiger partial charge in [-0.15, -0.1) is 0 Å². The average molecular weight is 357 g/mol. The molecule has 0 aliphatic heterocycles. The summed E-state index contributed by atoms with van der Waals surface area (Å²) in [4.78, 5) is 22.4. The van der Waals surface area contributed by atoms with E-state index in [2.05, 4.69) is 5.32 Å². The molecule has 7 nitrogen and oxygen atoms in total. The number of carboxylic acids is 1. The fraction of sp³-hybridized carbons (Fsp3) is 0.158. The Bertz CT molecular complexity index is 778. The second-order valence-electron chi connectivity index (χ2n) is 5.41. The van der Waals surface area contributed by atoms with Crippen LogP contribution in [-0.4, -0.2) is 33.9 Å². The summed E-state index contributed by atoms with van der Waals surface area (Å²) in [7, 11) is 0. The highest BCUT2D eigenvalue weighted by atomic mass is 16.5. The van der Waals surface area contributed by atoms with Gasteiger partial charge in [-0.2, -0.15) is 0 Å². The largest absolute Gasteiger partial charge is 0.507 e. The highest BCUT2D eigenvalue weighted by Crippen LogP contribution is 2.30. The van der Waals surface area contributed by atoms with Crippen LogP contribution in [0.3, 0.4) is 0 Å². The van der Waals surface area contributed by atoms with Crippen LogP contribution in [0, 0.1) is 0 Å². The number of nitrogens with one attached hydrogen (secondary N) is 1. The molecule has 1 amide bonds. The van der Waals surface area contributed by atoms with Crippen LogP contribution in [0.25, 0.3) is 6.08 Å². The lowest BCUT2D eigenvalue weighted by atomic mass is 10.1. The number of phenols is 2. The molecule has 0 fully saturated rings. The van der Waals surface area contributed by atoms with Crippen molar-refractivity contribution in [3.8, 4) is 11.5 Å². The van der Waals surface area contributed by atoms with Crippen molar-refractivity contribution in [1.29, 1.82) is 0 Å². The minimum Gasteiger partial charge on any atom is -0.507 e. The Morgan fingerprint density at radius 3 is 2.35 bits per heavy atom. The highest BCUT2D eigenvalue weighted by molar-refractivity contribution is 5.89. The number of rotatable bonds is 7. The average Bonchev–Trinajstić information content (AvgIpc) is 2.62. The lowest BCUT2D eigenvalue weighted by molar-refractivity contribution is 0.0696. The lowest BCUT2D eigenvalue weighted by Crippen LogP contribution is -2.24. The molecule has 0 saturated carbocycles. The van der Waals surface area contributed by atoms with Crippen molar-refractivity contribution in [2.45, 2.75) is 13.0 Å². The molecule has 0 radical (unpaired) electrons. The summed E-state index contributed by atoms with van der Waals surface area (Å²) in [5.41, 5.74) is 0.792. The summed E-state index contributed by atoms with van der Waals surface area (Å²) in [6.45, 7) is 0.485. The van der Waals surface area contributed by atoms with Gasteiger partial charge in [0.05, 0.1) is 11.1 Å². The molecule has 2 rings (SSSR count). The maximum Gasteiger partial charge on any atom is 0.407 e. The third kappa shape index (κ3) is 5.55. The van der Waals surface area contributed by atoms with Gasteiger partial charge in [0.1, 0.15) is 18.1 Å². The summed E-state index contributed by atoms with van der Waals surface area (Å²) < 4.78 is 5.06. The summed E-state index contributed by atoms with van der Waals surface area (Å²) in [6, 6.07) is 11.4. The number of aromatic carboxylic acids is 1. The Labute approximate surface area is 150 Å². The van der Waals surface area contributed by atoms with Gasteiger partial charge in [0, 0.05) is 6.54 Å². The number of carboxylic acid groups (broad SMARTS) is 1. The summed E-state index contributed by atoms with van der Waals surface area (Å²) in [5, 5.41) is 31.0. The zero-order valence-corrected chi connectivity index (χ0v) is 13.9. The van der Waals surface area contributed by atoms with Gasteiger partial charge in [-0.05, 0) is 24.1 Å². The maximum atomic E-state index is 11.6. The highest BCUT2D eigenvalue weighted by Gasteiger charge is 2.11. The number of alkyl carbamates (subject to hydrolysis) is 1. The SMILES string of the molecule is O=C(NCCC=Cc1c(O)cc(C(=O)O)cc1O)OCc1ccccc1. The van der Waals surface area contributed by atoms with E-state index in [1.165, 1.54) is 6.08 Å². The first-order valence-electron chi connectivity index (χ1n) is 7.87. The topological polar surface area (TPSA) is 116 Å². The van der Waals surface area contributed by atoms with E-state index < -0.39 is 12.1 Å². The molecular formula is C19H19NO6. The minimum atomic E-state index is -1.25. The van der Waals surface area contributed by atoms with Gasteiger partial charge in [0.15, 0.2) is 0 Å². The molecule has 2 aromatic rings.